The molecule has 6 heteroatoms. The number of nitrogens with zero attached hydrogens (tertiary/aromatic N) is 1. The van der Waals surface area contributed by atoms with Gasteiger partial charge < -0.3 is 5.73 Å². The fourth-order valence-electron chi connectivity index (χ4n) is 0.534. The molecule has 1 rings (SSSR count). The first-order valence-corrected chi connectivity index (χ1v) is 4.35. The van der Waals surface area contributed by atoms with Gasteiger partial charge in [-0.2, -0.15) is 0 Å². The number of rotatable bonds is 1. The minimum atomic E-state index is -1.27. The first-order valence-electron chi connectivity index (χ1n) is 2.79. The molecule has 0 radical (unpaired) electrons. The Hall–Kier alpha value is -1.17. The fourth-order valence-corrected chi connectivity index (χ4v) is 0.972. The van der Waals surface area contributed by atoms with Crippen molar-refractivity contribution in [2.24, 2.45) is 0 Å². The Morgan fingerprint density at radius 3 is 2.82 bits per heavy atom. The van der Waals surface area contributed by atoms with Crippen molar-refractivity contribution in [1.29, 1.82) is 0 Å². The molecule has 0 saturated carbocycles. The van der Waals surface area contributed by atoms with Crippen LogP contribution in [0.25, 0.3) is 0 Å². The summed E-state index contributed by atoms with van der Waals surface area (Å²) in [5.41, 5.74) is 4.76. The fraction of sp³-hybridized carbons (Fsp3) is 0.200. The number of anilines is 1. The highest BCUT2D eigenvalue weighted by Crippen LogP contribution is 1.92. The van der Waals surface area contributed by atoms with Gasteiger partial charge in [0.1, 0.15) is 5.69 Å². The molecule has 1 heterocycles. The van der Waals surface area contributed by atoms with Crippen LogP contribution in [0.1, 0.15) is 0 Å². The van der Waals surface area contributed by atoms with E-state index in [1.165, 1.54) is 12.5 Å². The van der Waals surface area contributed by atoms with Crippen LogP contribution >= 0.6 is 0 Å². The molecule has 11 heavy (non-hydrogen) atoms. The molecular weight excluding hydrogens is 166 g/mol. The molecule has 0 fully saturated rings. The van der Waals surface area contributed by atoms with Crippen LogP contribution in [0.4, 0.5) is 5.69 Å². The number of nitrogens with two attached hydrogens (primary N) is 1. The molecule has 0 spiro atoms. The number of nitrogen functional groups attached to an aromatic ring is 1. The zero-order chi connectivity index (χ0) is 8.43. The van der Waals surface area contributed by atoms with Gasteiger partial charge in [-0.05, 0) is 0 Å². The van der Waals surface area contributed by atoms with Crippen LogP contribution < -0.4 is 11.3 Å². The highest BCUT2D eigenvalue weighted by atomic mass is 32.2. The second kappa shape index (κ2) is 2.83. The maximum atomic E-state index is 10.8. The van der Waals surface area contributed by atoms with Crippen molar-refractivity contribution in [3.05, 3.63) is 16.6 Å². The number of H-pyrrole nitrogens is 1. The molecule has 1 aromatic rings. The largest absolute Gasteiger partial charge is 0.393 e. The molecule has 1 unspecified atom stereocenters. The summed E-state index contributed by atoms with van der Waals surface area (Å²) in [5, 5.41) is 0.143. The molecule has 0 amide bonds. The highest BCUT2D eigenvalue weighted by molar-refractivity contribution is 7.84. The van der Waals surface area contributed by atoms with Gasteiger partial charge in [-0.25, -0.2) is 4.98 Å². The van der Waals surface area contributed by atoms with E-state index in [1.807, 2.05) is 0 Å². The Balaban J connectivity index is 3.26. The van der Waals surface area contributed by atoms with Gasteiger partial charge in [-0.3, -0.25) is 14.0 Å². The van der Waals surface area contributed by atoms with Crippen LogP contribution in [0.3, 0.4) is 0 Å². The van der Waals surface area contributed by atoms with Crippen LogP contribution in [0.5, 0.6) is 0 Å². The summed E-state index contributed by atoms with van der Waals surface area (Å²) in [6.07, 6.45) is 2.62. The minimum absolute atomic E-state index is 0.0270. The van der Waals surface area contributed by atoms with E-state index in [4.69, 9.17) is 5.73 Å². The van der Waals surface area contributed by atoms with Crippen molar-refractivity contribution in [1.82, 2.24) is 9.97 Å². The van der Waals surface area contributed by atoms with Gasteiger partial charge in [0.2, 0.25) is 0 Å². The van der Waals surface area contributed by atoms with Crippen LogP contribution in [-0.2, 0) is 10.8 Å². The number of nitrogens with one attached hydrogen (secondary N) is 1. The lowest BCUT2D eigenvalue weighted by atomic mass is 10.6. The van der Waals surface area contributed by atoms with Crippen molar-refractivity contribution >= 4 is 16.5 Å². The summed E-state index contributed by atoms with van der Waals surface area (Å²) < 4.78 is 10.7. The Kier molecular flexibility index (Phi) is 2.04. The lowest BCUT2D eigenvalue weighted by Crippen LogP contribution is -2.15. The SMILES string of the molecule is CS(=O)c1ncc(N)c(=O)[nH]1. The van der Waals surface area contributed by atoms with E-state index in [-0.39, 0.29) is 10.8 Å². The maximum absolute atomic E-state index is 10.8. The summed E-state index contributed by atoms with van der Waals surface area (Å²) in [6, 6.07) is 0. The maximum Gasteiger partial charge on any atom is 0.274 e. The van der Waals surface area contributed by atoms with E-state index in [1.54, 1.807) is 0 Å². The van der Waals surface area contributed by atoms with Gasteiger partial charge in [0.25, 0.3) is 5.56 Å². The zero-order valence-corrected chi connectivity index (χ0v) is 6.64. The van der Waals surface area contributed by atoms with Gasteiger partial charge >= 0.3 is 0 Å². The van der Waals surface area contributed by atoms with Crippen molar-refractivity contribution in [2.45, 2.75) is 5.16 Å². The standard InChI is InChI=1S/C5H7N3O2S/c1-11(10)5-7-2-3(6)4(9)8-5/h2H,6H2,1H3,(H,7,8,9). The molecule has 1 aromatic heterocycles. The molecule has 60 valence electrons. The van der Waals surface area contributed by atoms with Crippen molar-refractivity contribution in [3.8, 4) is 0 Å². The quantitative estimate of drug-likeness (QED) is 0.538. The van der Waals surface area contributed by atoms with Crippen molar-refractivity contribution < 1.29 is 4.21 Å². The minimum Gasteiger partial charge on any atom is -0.393 e. The molecular formula is C5H7N3O2S. The topological polar surface area (TPSA) is 88.8 Å². The average molecular weight is 173 g/mol. The molecule has 3 N–H and O–H groups in total. The molecule has 0 aliphatic rings. The van der Waals surface area contributed by atoms with Crippen molar-refractivity contribution in [3.63, 3.8) is 0 Å². The van der Waals surface area contributed by atoms with Crippen LogP contribution in [0, 0.1) is 0 Å². The second-order valence-corrected chi connectivity index (χ2v) is 3.22. The highest BCUT2D eigenvalue weighted by Gasteiger charge is 2.00. The lowest BCUT2D eigenvalue weighted by Gasteiger charge is -1.94. The van der Waals surface area contributed by atoms with E-state index in [9.17, 15) is 9.00 Å². The average Bonchev–Trinajstić information content (AvgIpc) is 1.94. The number of hydrogen-bond donors (Lipinski definition) is 2. The van der Waals surface area contributed by atoms with Crippen LogP contribution in [0.2, 0.25) is 0 Å². The van der Waals surface area contributed by atoms with Crippen molar-refractivity contribution in [2.75, 3.05) is 12.0 Å². The Morgan fingerprint density at radius 1 is 1.73 bits per heavy atom. The van der Waals surface area contributed by atoms with Gasteiger partial charge in [-0.15, -0.1) is 0 Å². The second-order valence-electron chi connectivity index (χ2n) is 1.93. The first kappa shape index (κ1) is 7.93. The molecule has 0 aromatic carbocycles. The Labute approximate surface area is 65.1 Å². The molecule has 5 nitrogen and oxygen atoms in total. The summed E-state index contributed by atoms with van der Waals surface area (Å²) in [6.45, 7) is 0. The third kappa shape index (κ3) is 1.64. The lowest BCUT2D eigenvalue weighted by molar-refractivity contribution is 0.679. The van der Waals surface area contributed by atoms with E-state index in [2.05, 4.69) is 9.97 Å². The van der Waals surface area contributed by atoms with Crippen LogP contribution in [-0.4, -0.2) is 20.4 Å². The third-order valence-electron chi connectivity index (χ3n) is 1.08. The Bertz CT molecular complexity index is 346. The molecule has 0 aliphatic heterocycles. The zero-order valence-electron chi connectivity index (χ0n) is 5.83. The number of aromatic amines is 1. The number of aromatic nitrogens is 2. The van der Waals surface area contributed by atoms with E-state index >= 15 is 0 Å². The van der Waals surface area contributed by atoms with Gasteiger partial charge in [0.15, 0.2) is 5.16 Å². The first-order chi connectivity index (χ1) is 5.11. The smallest absolute Gasteiger partial charge is 0.274 e. The van der Waals surface area contributed by atoms with Gasteiger partial charge in [0, 0.05) is 6.26 Å². The monoisotopic (exact) mass is 173 g/mol. The molecule has 0 bridgehead atoms. The molecule has 1 atom stereocenters. The molecule has 0 aliphatic carbocycles. The van der Waals surface area contributed by atoms with Gasteiger partial charge in [0.05, 0.1) is 17.0 Å². The predicted octanol–water partition coefficient (Wildman–Crippen LogP) is -0.910. The third-order valence-corrected chi connectivity index (χ3v) is 1.83. The normalized spacial score (nSPS) is 12.8. The predicted molar refractivity (Wildman–Crippen MR) is 41.6 cm³/mol. The molecule has 0 saturated heterocycles. The van der Waals surface area contributed by atoms with E-state index < -0.39 is 16.4 Å². The van der Waals surface area contributed by atoms with Gasteiger partial charge in [-0.1, -0.05) is 0 Å². The van der Waals surface area contributed by atoms with Crippen LogP contribution in [0.15, 0.2) is 16.1 Å². The Morgan fingerprint density at radius 2 is 2.36 bits per heavy atom. The van der Waals surface area contributed by atoms with E-state index in [0.717, 1.165) is 0 Å². The summed E-state index contributed by atoms with van der Waals surface area (Å²) in [4.78, 5) is 16.7. The summed E-state index contributed by atoms with van der Waals surface area (Å²) >= 11 is 0. The van der Waals surface area contributed by atoms with E-state index in [0.29, 0.717) is 0 Å². The summed E-state index contributed by atoms with van der Waals surface area (Å²) in [5.74, 6) is 0. The summed E-state index contributed by atoms with van der Waals surface area (Å²) in [7, 11) is -1.27. The number of hydrogen-bond acceptors (Lipinski definition) is 4.